The molecule has 0 aliphatic carbocycles. The summed E-state index contributed by atoms with van der Waals surface area (Å²) in [6, 6.07) is 15.1. The highest BCUT2D eigenvalue weighted by atomic mass is 32.2. The largest absolute Gasteiger partial charge is 0.324 e. The second-order valence-electron chi connectivity index (χ2n) is 6.06. The number of rotatable bonds is 8. The second-order valence-corrected chi connectivity index (χ2v) is 7.01. The van der Waals surface area contributed by atoms with Gasteiger partial charge in [0.15, 0.2) is 10.9 Å². The zero-order valence-corrected chi connectivity index (χ0v) is 16.1. The predicted molar refractivity (Wildman–Crippen MR) is 106 cm³/mol. The molecule has 1 amide bonds. The molecular formula is C20H19FN4O2S. The monoisotopic (exact) mass is 398 g/mol. The number of halogens is 1. The van der Waals surface area contributed by atoms with E-state index in [0.29, 0.717) is 23.0 Å². The van der Waals surface area contributed by atoms with Crippen molar-refractivity contribution in [3.05, 3.63) is 71.8 Å². The van der Waals surface area contributed by atoms with Crippen LogP contribution in [0.5, 0.6) is 0 Å². The van der Waals surface area contributed by atoms with E-state index >= 15 is 0 Å². The highest BCUT2D eigenvalue weighted by Crippen LogP contribution is 2.18. The van der Waals surface area contributed by atoms with Crippen LogP contribution in [0.15, 0.2) is 59.8 Å². The van der Waals surface area contributed by atoms with Crippen LogP contribution >= 0.6 is 11.8 Å². The Morgan fingerprint density at radius 1 is 1.07 bits per heavy atom. The highest BCUT2D eigenvalue weighted by Gasteiger charge is 2.14. The zero-order valence-electron chi connectivity index (χ0n) is 15.3. The molecule has 0 unspecified atom stereocenters. The molecule has 3 rings (SSSR count). The van der Waals surface area contributed by atoms with E-state index in [4.69, 9.17) is 0 Å². The maximum Gasteiger partial charge on any atom is 0.224 e. The Hall–Kier alpha value is -3.00. The average molecular weight is 398 g/mol. The van der Waals surface area contributed by atoms with Gasteiger partial charge in [-0.05, 0) is 12.1 Å². The Morgan fingerprint density at radius 2 is 1.79 bits per heavy atom. The van der Waals surface area contributed by atoms with Crippen molar-refractivity contribution in [3.8, 4) is 0 Å². The van der Waals surface area contributed by atoms with Gasteiger partial charge in [0.05, 0.1) is 11.4 Å². The fourth-order valence-corrected chi connectivity index (χ4v) is 3.35. The Labute approximate surface area is 166 Å². The van der Waals surface area contributed by atoms with Crippen LogP contribution in [-0.2, 0) is 18.3 Å². The van der Waals surface area contributed by atoms with E-state index in [1.807, 2.05) is 18.2 Å². The maximum absolute atomic E-state index is 13.6. The van der Waals surface area contributed by atoms with Crippen molar-refractivity contribution in [1.29, 1.82) is 0 Å². The van der Waals surface area contributed by atoms with E-state index in [1.165, 1.54) is 23.9 Å². The van der Waals surface area contributed by atoms with Gasteiger partial charge in [-0.15, -0.1) is 10.2 Å². The van der Waals surface area contributed by atoms with Gasteiger partial charge in [0.2, 0.25) is 5.91 Å². The minimum atomic E-state index is -0.476. The Morgan fingerprint density at radius 3 is 2.54 bits per heavy atom. The van der Waals surface area contributed by atoms with Crippen LogP contribution in [0.25, 0.3) is 0 Å². The summed E-state index contributed by atoms with van der Waals surface area (Å²) >= 11 is 1.30. The summed E-state index contributed by atoms with van der Waals surface area (Å²) in [7, 11) is 1.79. The van der Waals surface area contributed by atoms with Crippen molar-refractivity contribution in [2.75, 3.05) is 11.1 Å². The molecule has 0 aliphatic heterocycles. The summed E-state index contributed by atoms with van der Waals surface area (Å²) in [4.78, 5) is 24.2. The SMILES string of the molecule is Cn1c(CCC(=O)Nc2ccccc2F)nnc1SCC(=O)c1ccccc1. The van der Waals surface area contributed by atoms with Crippen molar-refractivity contribution < 1.29 is 14.0 Å². The van der Waals surface area contributed by atoms with Crippen molar-refractivity contribution in [2.45, 2.75) is 18.0 Å². The molecule has 0 bridgehead atoms. The fourth-order valence-electron chi connectivity index (χ4n) is 2.53. The quantitative estimate of drug-likeness (QED) is 0.464. The molecule has 0 saturated carbocycles. The molecule has 0 aliphatic rings. The Balaban J connectivity index is 1.52. The summed E-state index contributed by atoms with van der Waals surface area (Å²) in [5.74, 6) is 0.111. The first kappa shape index (κ1) is 19.8. The normalized spacial score (nSPS) is 10.6. The second kappa shape index (κ2) is 9.27. The lowest BCUT2D eigenvalue weighted by Crippen LogP contribution is -2.14. The van der Waals surface area contributed by atoms with E-state index in [9.17, 15) is 14.0 Å². The molecule has 1 N–H and O–H groups in total. The Bertz CT molecular complexity index is 975. The molecule has 0 radical (unpaired) electrons. The third-order valence-corrected chi connectivity index (χ3v) is 5.10. The summed E-state index contributed by atoms with van der Waals surface area (Å²) in [6.45, 7) is 0. The number of aryl methyl sites for hydroxylation is 1. The predicted octanol–water partition coefficient (Wildman–Crippen LogP) is 3.50. The minimum Gasteiger partial charge on any atom is -0.324 e. The van der Waals surface area contributed by atoms with Gasteiger partial charge in [0.1, 0.15) is 11.6 Å². The van der Waals surface area contributed by atoms with Gasteiger partial charge in [0.25, 0.3) is 0 Å². The first-order valence-electron chi connectivity index (χ1n) is 8.68. The standard InChI is InChI=1S/C20H19FN4O2S/c1-25-18(11-12-19(27)22-16-10-6-5-9-15(16)21)23-24-20(25)28-13-17(26)14-7-3-2-4-8-14/h2-10H,11-13H2,1H3,(H,22,27). The van der Waals surface area contributed by atoms with Gasteiger partial charge >= 0.3 is 0 Å². The number of Topliss-reactive ketones (excluding diaryl/α,β-unsaturated/α-hetero) is 1. The summed E-state index contributed by atoms with van der Waals surface area (Å²) in [6.07, 6.45) is 0.505. The summed E-state index contributed by atoms with van der Waals surface area (Å²) in [5.41, 5.74) is 0.809. The zero-order chi connectivity index (χ0) is 19.9. The van der Waals surface area contributed by atoms with Crippen LogP contribution in [0.4, 0.5) is 10.1 Å². The van der Waals surface area contributed by atoms with Gasteiger partial charge in [0, 0.05) is 25.5 Å². The number of hydrogen-bond acceptors (Lipinski definition) is 5. The minimum absolute atomic E-state index is 0.0133. The van der Waals surface area contributed by atoms with E-state index < -0.39 is 5.82 Å². The molecule has 0 atom stereocenters. The fraction of sp³-hybridized carbons (Fsp3) is 0.200. The smallest absolute Gasteiger partial charge is 0.224 e. The number of benzene rings is 2. The Kier molecular flexibility index (Phi) is 6.54. The third-order valence-electron chi connectivity index (χ3n) is 4.08. The number of nitrogens with one attached hydrogen (secondary N) is 1. The molecule has 144 valence electrons. The molecule has 8 heteroatoms. The van der Waals surface area contributed by atoms with Crippen LogP contribution in [0.2, 0.25) is 0 Å². The molecule has 0 saturated heterocycles. The molecule has 0 fully saturated rings. The average Bonchev–Trinajstić information content (AvgIpc) is 3.06. The van der Waals surface area contributed by atoms with E-state index in [-0.39, 0.29) is 29.6 Å². The van der Waals surface area contributed by atoms with Gasteiger partial charge in [-0.3, -0.25) is 9.59 Å². The number of hydrogen-bond donors (Lipinski definition) is 1. The number of ketones is 1. The van der Waals surface area contributed by atoms with Gasteiger partial charge in [-0.1, -0.05) is 54.2 Å². The van der Waals surface area contributed by atoms with Gasteiger partial charge < -0.3 is 9.88 Å². The first-order chi connectivity index (χ1) is 13.5. The molecule has 3 aromatic rings. The van der Waals surface area contributed by atoms with Crippen LogP contribution in [0.3, 0.4) is 0 Å². The first-order valence-corrected chi connectivity index (χ1v) is 9.67. The van der Waals surface area contributed by atoms with Crippen molar-refractivity contribution >= 4 is 29.1 Å². The van der Waals surface area contributed by atoms with Crippen molar-refractivity contribution in [1.82, 2.24) is 14.8 Å². The molecule has 1 heterocycles. The van der Waals surface area contributed by atoms with Crippen LogP contribution in [-0.4, -0.2) is 32.2 Å². The lowest BCUT2D eigenvalue weighted by molar-refractivity contribution is -0.116. The number of para-hydroxylation sites is 1. The molecular weight excluding hydrogens is 379 g/mol. The number of amides is 1. The molecule has 6 nitrogen and oxygen atoms in total. The lowest BCUT2D eigenvalue weighted by atomic mass is 10.2. The molecule has 1 aromatic heterocycles. The van der Waals surface area contributed by atoms with Crippen LogP contribution < -0.4 is 5.32 Å². The van der Waals surface area contributed by atoms with Gasteiger partial charge in [-0.25, -0.2) is 4.39 Å². The van der Waals surface area contributed by atoms with E-state index in [0.717, 1.165) is 0 Å². The van der Waals surface area contributed by atoms with Crippen molar-refractivity contribution in [2.24, 2.45) is 7.05 Å². The number of carbonyl (C=O) groups is 2. The van der Waals surface area contributed by atoms with Gasteiger partial charge in [-0.2, -0.15) is 0 Å². The lowest BCUT2D eigenvalue weighted by Gasteiger charge is -2.06. The van der Waals surface area contributed by atoms with E-state index in [2.05, 4.69) is 15.5 Å². The third kappa shape index (κ3) is 5.04. The molecule has 2 aromatic carbocycles. The molecule has 0 spiro atoms. The highest BCUT2D eigenvalue weighted by molar-refractivity contribution is 7.99. The number of anilines is 1. The topological polar surface area (TPSA) is 76.9 Å². The van der Waals surface area contributed by atoms with E-state index in [1.54, 1.807) is 35.9 Å². The summed E-state index contributed by atoms with van der Waals surface area (Å²) < 4.78 is 15.3. The maximum atomic E-state index is 13.6. The number of thioether (sulfide) groups is 1. The van der Waals surface area contributed by atoms with Crippen LogP contribution in [0.1, 0.15) is 22.6 Å². The van der Waals surface area contributed by atoms with Crippen molar-refractivity contribution in [3.63, 3.8) is 0 Å². The molecule has 28 heavy (non-hydrogen) atoms. The van der Waals surface area contributed by atoms with Crippen LogP contribution in [0, 0.1) is 5.82 Å². The number of nitrogens with zero attached hydrogens (tertiary/aromatic N) is 3. The number of carbonyl (C=O) groups excluding carboxylic acids is 2. The summed E-state index contributed by atoms with van der Waals surface area (Å²) in [5, 5.41) is 11.3. The number of aromatic nitrogens is 3.